The first-order valence-corrected chi connectivity index (χ1v) is 11.7. The molecule has 4 rings (SSSR count). The molecule has 0 aliphatic heterocycles. The topological polar surface area (TPSA) is 0 Å². The van der Waals surface area contributed by atoms with Crippen molar-refractivity contribution in [2.24, 2.45) is 29.1 Å². The van der Waals surface area contributed by atoms with E-state index < -0.39 is 0 Å². The maximum absolute atomic E-state index is 2.63. The number of benzene rings is 1. The van der Waals surface area contributed by atoms with Gasteiger partial charge in [-0.05, 0) is 109 Å². The molecule has 0 heterocycles. The van der Waals surface area contributed by atoms with E-state index in [2.05, 4.69) is 58.9 Å². The Morgan fingerprint density at radius 3 is 2.48 bits per heavy atom. The lowest BCUT2D eigenvalue weighted by molar-refractivity contribution is 0.142. The lowest BCUT2D eigenvalue weighted by Crippen LogP contribution is -2.35. The molecule has 0 nitrogen and oxygen atoms in total. The van der Waals surface area contributed by atoms with Crippen LogP contribution < -0.4 is 0 Å². The second-order valence-electron chi connectivity index (χ2n) is 10.6. The normalized spacial score (nSPS) is 32.2. The van der Waals surface area contributed by atoms with E-state index in [1.807, 2.05) is 0 Å². The zero-order chi connectivity index (χ0) is 19.2. The monoisotopic (exact) mass is 364 g/mol. The molecule has 148 valence electrons. The van der Waals surface area contributed by atoms with Crippen molar-refractivity contribution in [2.75, 3.05) is 0 Å². The Hall–Kier alpha value is -1.04. The van der Waals surface area contributed by atoms with Gasteiger partial charge in [-0.25, -0.2) is 0 Å². The van der Waals surface area contributed by atoms with E-state index in [4.69, 9.17) is 0 Å². The van der Waals surface area contributed by atoms with Crippen molar-refractivity contribution in [3.05, 3.63) is 46.5 Å². The highest BCUT2D eigenvalue weighted by molar-refractivity contribution is 5.47. The van der Waals surface area contributed by atoms with Crippen LogP contribution in [0.1, 0.15) is 94.9 Å². The predicted octanol–water partition coefficient (Wildman–Crippen LogP) is 7.50. The summed E-state index contributed by atoms with van der Waals surface area (Å²) in [6, 6.07) is 5.05. The lowest BCUT2D eigenvalue weighted by Gasteiger charge is -2.44. The summed E-state index contributed by atoms with van der Waals surface area (Å²) in [5, 5.41) is 0. The predicted molar refractivity (Wildman–Crippen MR) is 117 cm³/mol. The van der Waals surface area contributed by atoms with Crippen LogP contribution in [0.2, 0.25) is 0 Å². The summed E-state index contributed by atoms with van der Waals surface area (Å²) >= 11 is 0. The van der Waals surface area contributed by atoms with E-state index in [0.29, 0.717) is 17.3 Å². The minimum Gasteiger partial charge on any atom is -0.0852 e. The molecule has 1 aromatic carbocycles. The van der Waals surface area contributed by atoms with Gasteiger partial charge in [-0.15, -0.1) is 0 Å². The highest BCUT2D eigenvalue weighted by Gasteiger charge is 2.50. The first kappa shape index (κ1) is 19.3. The molecule has 3 unspecified atom stereocenters. The highest BCUT2D eigenvalue weighted by Crippen LogP contribution is 2.61. The standard InChI is InChI=1S/C27H40/c1-18(2)19(3)10-11-20(4)25-14-15-26-24-13-12-21-8-6-7-9-22(21)23(24)16-17-27(25,26)5/h10-13,18-20,25-26H,6-9,14-17H2,1-5H3/b11-10+/t19?,20?,25?,26-,27+/m0/s1. The van der Waals surface area contributed by atoms with Crippen molar-refractivity contribution in [1.29, 1.82) is 0 Å². The molecule has 0 heteroatoms. The van der Waals surface area contributed by atoms with Gasteiger partial charge in [0, 0.05) is 0 Å². The molecule has 0 saturated heterocycles. The molecule has 27 heavy (non-hydrogen) atoms. The third-order valence-corrected chi connectivity index (χ3v) is 8.79. The van der Waals surface area contributed by atoms with Crippen LogP contribution >= 0.6 is 0 Å². The van der Waals surface area contributed by atoms with Crippen molar-refractivity contribution in [3.63, 3.8) is 0 Å². The van der Waals surface area contributed by atoms with Gasteiger partial charge in [0.05, 0.1) is 0 Å². The van der Waals surface area contributed by atoms with Gasteiger partial charge in [0.2, 0.25) is 0 Å². The van der Waals surface area contributed by atoms with E-state index in [-0.39, 0.29) is 0 Å². The van der Waals surface area contributed by atoms with E-state index in [9.17, 15) is 0 Å². The Morgan fingerprint density at radius 1 is 0.926 bits per heavy atom. The highest BCUT2D eigenvalue weighted by atomic mass is 14.5. The minimum absolute atomic E-state index is 0.501. The Bertz CT molecular complexity index is 709. The van der Waals surface area contributed by atoms with Crippen LogP contribution in [0, 0.1) is 29.1 Å². The maximum atomic E-state index is 2.63. The molecule has 3 aliphatic carbocycles. The van der Waals surface area contributed by atoms with Crippen molar-refractivity contribution in [1.82, 2.24) is 0 Å². The molecule has 1 aromatic rings. The van der Waals surface area contributed by atoms with Gasteiger partial charge in [-0.3, -0.25) is 0 Å². The third-order valence-electron chi connectivity index (χ3n) is 8.79. The molecular formula is C27H40. The summed E-state index contributed by atoms with van der Waals surface area (Å²) in [4.78, 5) is 0. The molecule has 0 spiro atoms. The van der Waals surface area contributed by atoms with E-state index >= 15 is 0 Å². The van der Waals surface area contributed by atoms with Crippen LogP contribution in [-0.2, 0) is 19.3 Å². The smallest absolute Gasteiger partial charge is 0.0102 e. The molecule has 1 fully saturated rings. The van der Waals surface area contributed by atoms with Crippen molar-refractivity contribution in [2.45, 2.75) is 91.9 Å². The van der Waals surface area contributed by atoms with Crippen molar-refractivity contribution in [3.8, 4) is 0 Å². The fraction of sp³-hybridized carbons (Fsp3) is 0.704. The zero-order valence-electron chi connectivity index (χ0n) is 18.4. The Kier molecular flexibility index (Phi) is 5.30. The first-order valence-electron chi connectivity index (χ1n) is 11.7. The molecule has 3 aliphatic rings. The molecule has 0 N–H and O–H groups in total. The summed E-state index contributed by atoms with van der Waals surface area (Å²) in [7, 11) is 0. The van der Waals surface area contributed by atoms with Gasteiger partial charge in [-0.2, -0.15) is 0 Å². The number of fused-ring (bicyclic) bond motifs is 5. The van der Waals surface area contributed by atoms with E-state index in [0.717, 1.165) is 17.8 Å². The quantitative estimate of drug-likeness (QED) is 0.485. The van der Waals surface area contributed by atoms with Crippen LogP contribution in [-0.4, -0.2) is 0 Å². The zero-order valence-corrected chi connectivity index (χ0v) is 18.4. The van der Waals surface area contributed by atoms with Gasteiger partial charge in [0.1, 0.15) is 0 Å². The van der Waals surface area contributed by atoms with Crippen LogP contribution in [0.3, 0.4) is 0 Å². The summed E-state index contributed by atoms with van der Waals surface area (Å²) < 4.78 is 0. The number of hydrogen-bond donors (Lipinski definition) is 0. The fourth-order valence-electron chi connectivity index (χ4n) is 6.64. The number of hydrogen-bond acceptors (Lipinski definition) is 0. The summed E-state index contributed by atoms with van der Waals surface area (Å²) in [5.41, 5.74) is 7.48. The van der Waals surface area contributed by atoms with Crippen molar-refractivity contribution < 1.29 is 0 Å². The second-order valence-corrected chi connectivity index (χ2v) is 10.6. The molecule has 0 amide bonds. The van der Waals surface area contributed by atoms with Gasteiger partial charge >= 0.3 is 0 Å². The fourth-order valence-corrected chi connectivity index (χ4v) is 6.64. The largest absolute Gasteiger partial charge is 0.0852 e. The summed E-state index contributed by atoms with van der Waals surface area (Å²) in [6.45, 7) is 12.2. The Morgan fingerprint density at radius 2 is 1.70 bits per heavy atom. The molecule has 0 radical (unpaired) electrons. The Labute approximate surface area is 167 Å². The average Bonchev–Trinajstić information content (AvgIpc) is 3.02. The van der Waals surface area contributed by atoms with Gasteiger partial charge in [0.25, 0.3) is 0 Å². The maximum Gasteiger partial charge on any atom is -0.0102 e. The van der Waals surface area contributed by atoms with Crippen LogP contribution in [0.5, 0.6) is 0 Å². The van der Waals surface area contributed by atoms with Gasteiger partial charge in [0.15, 0.2) is 0 Å². The molecular weight excluding hydrogens is 324 g/mol. The van der Waals surface area contributed by atoms with Gasteiger partial charge in [-0.1, -0.05) is 58.9 Å². The summed E-state index contributed by atoms with van der Waals surface area (Å²) in [6.07, 6.45) is 16.1. The minimum atomic E-state index is 0.501. The molecule has 0 aromatic heterocycles. The van der Waals surface area contributed by atoms with Crippen LogP contribution in [0.15, 0.2) is 24.3 Å². The van der Waals surface area contributed by atoms with Gasteiger partial charge < -0.3 is 0 Å². The number of allylic oxidation sites excluding steroid dienone is 2. The molecule has 5 atom stereocenters. The van der Waals surface area contributed by atoms with E-state index in [1.54, 1.807) is 22.3 Å². The third kappa shape index (κ3) is 3.32. The molecule has 1 saturated carbocycles. The average molecular weight is 365 g/mol. The van der Waals surface area contributed by atoms with Crippen LogP contribution in [0.25, 0.3) is 0 Å². The van der Waals surface area contributed by atoms with Crippen molar-refractivity contribution >= 4 is 0 Å². The SMILES string of the molecule is CC(C)C(C)/C=C/C(C)C1CC[C@H]2c3ccc4c(c3CC[C@]12C)CCCC4. The summed E-state index contributed by atoms with van der Waals surface area (Å²) in [5.74, 6) is 3.80. The lowest BCUT2D eigenvalue weighted by atomic mass is 9.60. The first-order chi connectivity index (χ1) is 12.9. The second kappa shape index (κ2) is 7.41. The van der Waals surface area contributed by atoms with Crippen LogP contribution in [0.4, 0.5) is 0 Å². The van der Waals surface area contributed by atoms with E-state index in [1.165, 1.54) is 51.4 Å². The molecule has 0 bridgehead atoms. The Balaban J connectivity index is 1.59. The number of aryl methyl sites for hydroxylation is 1. The number of rotatable bonds is 4.